The van der Waals surface area contributed by atoms with Crippen LogP contribution in [0.3, 0.4) is 0 Å². The van der Waals surface area contributed by atoms with Crippen molar-refractivity contribution < 1.29 is 9.21 Å². The Bertz CT molecular complexity index is 504. The van der Waals surface area contributed by atoms with Crippen LogP contribution in [0.5, 0.6) is 0 Å². The number of hydrogen-bond acceptors (Lipinski definition) is 4. The lowest BCUT2D eigenvalue weighted by atomic mass is 10.0. The summed E-state index contributed by atoms with van der Waals surface area (Å²) >= 11 is 0. The number of hydrogen-bond donors (Lipinski definition) is 0. The summed E-state index contributed by atoms with van der Waals surface area (Å²) in [5.41, 5.74) is 2.61. The fraction of sp³-hybridized carbons (Fsp3) is 0.250. The minimum absolute atomic E-state index is 0.0661. The number of ketones is 1. The zero-order valence-corrected chi connectivity index (χ0v) is 9.23. The van der Waals surface area contributed by atoms with Gasteiger partial charge in [-0.1, -0.05) is 6.92 Å². The molecule has 2 aromatic heterocycles. The van der Waals surface area contributed by atoms with Gasteiger partial charge in [0.1, 0.15) is 6.26 Å². The summed E-state index contributed by atoms with van der Waals surface area (Å²) in [5.74, 6) is -0.0661. The maximum Gasteiger partial charge on any atom is 0.198 e. The zero-order valence-electron chi connectivity index (χ0n) is 9.23. The topological polar surface area (TPSA) is 56.0 Å². The molecule has 4 nitrogen and oxygen atoms in total. The van der Waals surface area contributed by atoms with E-state index in [2.05, 4.69) is 10.2 Å². The lowest BCUT2D eigenvalue weighted by Crippen LogP contribution is -2.08. The molecular formula is C12H12N2O2. The van der Waals surface area contributed by atoms with Crippen molar-refractivity contribution in [3.63, 3.8) is 0 Å². The Labute approximate surface area is 93.3 Å². The van der Waals surface area contributed by atoms with Crippen molar-refractivity contribution in [1.29, 1.82) is 0 Å². The van der Waals surface area contributed by atoms with Gasteiger partial charge < -0.3 is 4.42 Å². The first kappa shape index (κ1) is 10.5. The minimum Gasteiger partial charge on any atom is -0.472 e. The molecule has 0 amide bonds. The van der Waals surface area contributed by atoms with E-state index in [4.69, 9.17) is 4.42 Å². The number of aromatic nitrogens is 2. The molecule has 2 rings (SSSR count). The lowest BCUT2D eigenvalue weighted by molar-refractivity contribution is 0.103. The maximum absolute atomic E-state index is 12.1. The van der Waals surface area contributed by atoms with Crippen molar-refractivity contribution >= 4 is 5.78 Å². The largest absolute Gasteiger partial charge is 0.472 e. The highest BCUT2D eigenvalue weighted by atomic mass is 16.3. The quantitative estimate of drug-likeness (QED) is 0.738. The molecule has 0 aliphatic heterocycles. The standard InChI is InChI=1S/C12H12N2O2/c1-3-11-10(6-8(2)13-14-11)12(15)9-4-5-16-7-9/h4-7H,3H2,1-2H3. The third-order valence-electron chi connectivity index (χ3n) is 2.36. The van der Waals surface area contributed by atoms with E-state index in [0.717, 1.165) is 11.4 Å². The highest BCUT2D eigenvalue weighted by Gasteiger charge is 2.15. The molecule has 82 valence electrons. The van der Waals surface area contributed by atoms with Gasteiger partial charge in [-0.05, 0) is 25.5 Å². The van der Waals surface area contributed by atoms with Crippen molar-refractivity contribution in [2.24, 2.45) is 0 Å². The van der Waals surface area contributed by atoms with E-state index in [1.807, 2.05) is 13.8 Å². The maximum atomic E-state index is 12.1. The Hall–Kier alpha value is -1.97. The summed E-state index contributed by atoms with van der Waals surface area (Å²) in [5, 5.41) is 7.97. The van der Waals surface area contributed by atoms with Crippen molar-refractivity contribution in [3.05, 3.63) is 47.2 Å². The molecular weight excluding hydrogens is 204 g/mol. The van der Waals surface area contributed by atoms with Crippen LogP contribution in [0.15, 0.2) is 29.1 Å². The third kappa shape index (κ3) is 1.86. The molecule has 0 saturated carbocycles. The summed E-state index contributed by atoms with van der Waals surface area (Å²) in [6.45, 7) is 3.77. The number of nitrogens with zero attached hydrogens (tertiary/aromatic N) is 2. The van der Waals surface area contributed by atoms with Gasteiger partial charge in [-0.3, -0.25) is 4.79 Å². The van der Waals surface area contributed by atoms with Crippen LogP contribution in [-0.2, 0) is 6.42 Å². The Kier molecular flexibility index (Phi) is 2.81. The van der Waals surface area contributed by atoms with E-state index in [9.17, 15) is 4.79 Å². The lowest BCUT2D eigenvalue weighted by Gasteiger charge is -2.04. The molecule has 0 atom stereocenters. The van der Waals surface area contributed by atoms with Crippen LogP contribution in [-0.4, -0.2) is 16.0 Å². The van der Waals surface area contributed by atoms with Gasteiger partial charge in [-0.2, -0.15) is 10.2 Å². The van der Waals surface area contributed by atoms with E-state index in [-0.39, 0.29) is 5.78 Å². The number of carbonyl (C=O) groups excluding carboxylic acids is 1. The van der Waals surface area contributed by atoms with Gasteiger partial charge >= 0.3 is 0 Å². The Morgan fingerprint density at radius 3 is 2.88 bits per heavy atom. The van der Waals surface area contributed by atoms with Crippen LogP contribution < -0.4 is 0 Å². The van der Waals surface area contributed by atoms with Gasteiger partial charge in [0.25, 0.3) is 0 Å². The van der Waals surface area contributed by atoms with Gasteiger partial charge in [0.2, 0.25) is 0 Å². The number of rotatable bonds is 3. The van der Waals surface area contributed by atoms with Gasteiger partial charge in [0.15, 0.2) is 5.78 Å². The molecule has 4 heteroatoms. The van der Waals surface area contributed by atoms with Crippen LogP contribution >= 0.6 is 0 Å². The SMILES string of the molecule is CCc1nnc(C)cc1C(=O)c1ccoc1. The first-order valence-corrected chi connectivity index (χ1v) is 5.12. The van der Waals surface area contributed by atoms with E-state index in [1.165, 1.54) is 12.5 Å². The van der Waals surface area contributed by atoms with Crippen molar-refractivity contribution in [1.82, 2.24) is 10.2 Å². The number of carbonyl (C=O) groups is 1. The van der Waals surface area contributed by atoms with Crippen LogP contribution in [0, 0.1) is 6.92 Å². The van der Waals surface area contributed by atoms with Crippen LogP contribution in [0.4, 0.5) is 0 Å². The summed E-state index contributed by atoms with van der Waals surface area (Å²) < 4.78 is 4.90. The smallest absolute Gasteiger partial charge is 0.198 e. The van der Waals surface area contributed by atoms with E-state index >= 15 is 0 Å². The van der Waals surface area contributed by atoms with E-state index < -0.39 is 0 Å². The Morgan fingerprint density at radius 1 is 1.44 bits per heavy atom. The zero-order chi connectivity index (χ0) is 11.5. The van der Waals surface area contributed by atoms with E-state index in [1.54, 1.807) is 12.1 Å². The molecule has 0 fully saturated rings. The van der Waals surface area contributed by atoms with Crippen molar-refractivity contribution in [2.75, 3.05) is 0 Å². The molecule has 0 N–H and O–H groups in total. The van der Waals surface area contributed by atoms with Gasteiger partial charge in [-0.25, -0.2) is 0 Å². The highest BCUT2D eigenvalue weighted by molar-refractivity contribution is 6.09. The normalized spacial score (nSPS) is 10.4. The first-order valence-electron chi connectivity index (χ1n) is 5.12. The molecule has 2 aromatic rings. The number of aryl methyl sites for hydroxylation is 2. The monoisotopic (exact) mass is 216 g/mol. The van der Waals surface area contributed by atoms with Gasteiger partial charge in [0, 0.05) is 5.56 Å². The summed E-state index contributed by atoms with van der Waals surface area (Å²) in [6.07, 6.45) is 3.62. The second-order valence-electron chi connectivity index (χ2n) is 3.54. The molecule has 0 unspecified atom stereocenters. The molecule has 0 radical (unpaired) electrons. The minimum atomic E-state index is -0.0661. The molecule has 2 heterocycles. The van der Waals surface area contributed by atoms with Crippen LogP contribution in [0.1, 0.15) is 34.2 Å². The Morgan fingerprint density at radius 2 is 2.25 bits per heavy atom. The second-order valence-corrected chi connectivity index (χ2v) is 3.54. The molecule has 0 aliphatic carbocycles. The van der Waals surface area contributed by atoms with Crippen molar-refractivity contribution in [2.45, 2.75) is 20.3 Å². The summed E-state index contributed by atoms with van der Waals surface area (Å²) in [7, 11) is 0. The fourth-order valence-corrected chi connectivity index (χ4v) is 1.52. The van der Waals surface area contributed by atoms with Crippen LogP contribution in [0.25, 0.3) is 0 Å². The summed E-state index contributed by atoms with van der Waals surface area (Å²) in [6, 6.07) is 3.42. The highest BCUT2D eigenvalue weighted by Crippen LogP contribution is 2.14. The summed E-state index contributed by atoms with van der Waals surface area (Å²) in [4.78, 5) is 12.1. The predicted molar refractivity (Wildman–Crippen MR) is 58.3 cm³/mol. The number of furan rings is 1. The Balaban J connectivity index is 2.47. The molecule has 16 heavy (non-hydrogen) atoms. The van der Waals surface area contributed by atoms with E-state index in [0.29, 0.717) is 17.5 Å². The molecule has 0 aliphatic rings. The first-order chi connectivity index (χ1) is 7.72. The average Bonchev–Trinajstić information content (AvgIpc) is 2.81. The predicted octanol–water partition coefficient (Wildman–Crippen LogP) is 2.17. The van der Waals surface area contributed by atoms with Gasteiger partial charge in [0.05, 0.1) is 23.2 Å². The molecule has 0 spiro atoms. The molecule has 0 bridgehead atoms. The third-order valence-corrected chi connectivity index (χ3v) is 2.36. The fourth-order valence-electron chi connectivity index (χ4n) is 1.52. The average molecular weight is 216 g/mol. The van der Waals surface area contributed by atoms with Crippen molar-refractivity contribution in [3.8, 4) is 0 Å². The molecule has 0 aromatic carbocycles. The van der Waals surface area contributed by atoms with Crippen LogP contribution in [0.2, 0.25) is 0 Å². The molecule has 0 saturated heterocycles. The second kappa shape index (κ2) is 4.26. The van der Waals surface area contributed by atoms with Gasteiger partial charge in [-0.15, -0.1) is 0 Å².